The van der Waals surface area contributed by atoms with Crippen molar-refractivity contribution in [1.82, 2.24) is 0 Å². The predicted octanol–water partition coefficient (Wildman–Crippen LogP) is 4.09. The molecule has 1 aromatic carbocycles. The van der Waals surface area contributed by atoms with Gasteiger partial charge in [-0.2, -0.15) is 0 Å². The molecule has 0 unspecified atom stereocenters. The maximum atomic E-state index is 10.9. The van der Waals surface area contributed by atoms with Crippen LogP contribution in [0.4, 0.5) is 0 Å². The summed E-state index contributed by atoms with van der Waals surface area (Å²) in [6.07, 6.45) is 12.6. The lowest BCUT2D eigenvalue weighted by atomic mass is 9.80. The number of hydrogen-bond acceptors (Lipinski definition) is 1. The highest BCUT2D eigenvalue weighted by Crippen LogP contribution is 2.28. The average Bonchev–Trinajstić information content (AvgIpc) is 3.65. The van der Waals surface area contributed by atoms with Crippen LogP contribution in [0.5, 0.6) is 0 Å². The zero-order valence-corrected chi connectivity index (χ0v) is 45.1. The monoisotopic (exact) mass is 1050 g/mol. The van der Waals surface area contributed by atoms with Gasteiger partial charge in [0.1, 0.15) is 5.78 Å². The van der Waals surface area contributed by atoms with Gasteiger partial charge in [0.25, 0.3) is 0 Å². The summed E-state index contributed by atoms with van der Waals surface area (Å²) < 4.78 is 0. The molecule has 0 bridgehead atoms. The molecule has 0 N–H and O–H groups in total. The van der Waals surface area contributed by atoms with E-state index < -0.39 is 0 Å². The van der Waals surface area contributed by atoms with Crippen LogP contribution < -0.4 is 0 Å². The van der Waals surface area contributed by atoms with Crippen LogP contribution in [-0.4, -0.2) is 5.78 Å². The molecule has 364 valence electrons. The SMILES string of the molecule is C#CC#CC#CC#CC#CC#CC#CC#CC#CC#CC#CC#CC#CC#CC#CC#CC#CC#CC#CC#CC#CC#CC#CC#CC#CC#CC#CC#CC#CC#CC#CC#CC#CC#CC#C.CC(=O)CCCC(C)(C)c1ccccc1. The first-order valence-corrected chi connectivity index (χ1v) is 22.9. The Morgan fingerprint density at radius 3 is 0.541 bits per heavy atom. The van der Waals surface area contributed by atoms with Crippen LogP contribution in [0.25, 0.3) is 0 Å². The Labute approximate surface area is 504 Å². The van der Waals surface area contributed by atoms with Gasteiger partial charge in [-0.1, -0.05) is 44.2 Å². The van der Waals surface area contributed by atoms with E-state index in [0.717, 1.165) is 12.8 Å². The fourth-order valence-electron chi connectivity index (χ4n) is 3.89. The van der Waals surface area contributed by atoms with Gasteiger partial charge in [-0.3, -0.25) is 0 Å². The summed E-state index contributed by atoms with van der Waals surface area (Å²) in [7, 11) is 0. The molecule has 1 heteroatoms. The van der Waals surface area contributed by atoms with E-state index in [1.165, 1.54) is 5.56 Å². The summed E-state index contributed by atoms with van der Waals surface area (Å²) in [4.78, 5) is 10.9. The molecule has 0 atom stereocenters. The van der Waals surface area contributed by atoms with E-state index in [-0.39, 0.29) is 5.41 Å². The Morgan fingerprint density at radius 2 is 0.412 bits per heavy atom. The maximum absolute atomic E-state index is 10.9. The Bertz CT molecular complexity index is 4950. The molecule has 1 nitrogen and oxygen atoms in total. The van der Waals surface area contributed by atoms with E-state index in [1.54, 1.807) is 6.92 Å². The summed E-state index contributed by atoms with van der Waals surface area (Å²) in [5.41, 5.74) is 1.53. The van der Waals surface area contributed by atoms with E-state index in [0.29, 0.717) is 12.2 Å². The summed E-state index contributed by atoms with van der Waals surface area (Å²) >= 11 is 0. The number of carbonyl (C=O) groups excluding carboxylic acids is 1. The van der Waals surface area contributed by atoms with Gasteiger partial charge in [-0.25, -0.2) is 0 Å². The maximum Gasteiger partial charge on any atom is 0.129 e. The summed E-state index contributed by atoms with van der Waals surface area (Å²) in [6, 6.07) is 10.5. The Kier molecular flexibility index (Phi) is 47.0. The molecule has 0 fully saturated rings. The first-order valence-electron chi connectivity index (χ1n) is 22.9. The number of terminal acetylenes is 2. The normalized spacial score (nSPS) is 5.24. The minimum absolute atomic E-state index is 0.177. The third-order valence-electron chi connectivity index (χ3n) is 7.09. The second-order valence-electron chi connectivity index (χ2n) is 13.3. The first-order chi connectivity index (χ1) is 41.9. The van der Waals surface area contributed by atoms with Crippen LogP contribution in [0, 0.1) is 415 Å². The fraction of sp³-hybridized carbons (Fsp3) is 0.0833. The average molecular weight is 1050 g/mol. The highest BCUT2D eigenvalue weighted by molar-refractivity contribution is 5.75. The second kappa shape index (κ2) is 58.4. The van der Waals surface area contributed by atoms with Gasteiger partial charge in [0.2, 0.25) is 0 Å². The molecular formula is C84H22O. The number of carbonyl (C=O) groups is 1. The van der Waals surface area contributed by atoms with Crippen molar-refractivity contribution in [3.05, 3.63) is 35.9 Å². The molecule has 0 aliphatic carbocycles. The molecular weight excluding hydrogens is 1020 g/mol. The van der Waals surface area contributed by atoms with Crippen LogP contribution in [0.3, 0.4) is 0 Å². The van der Waals surface area contributed by atoms with E-state index >= 15 is 0 Å². The van der Waals surface area contributed by atoms with Crippen LogP contribution in [-0.2, 0) is 10.2 Å². The van der Waals surface area contributed by atoms with Crippen LogP contribution in [0.1, 0.15) is 45.6 Å². The van der Waals surface area contributed by atoms with Gasteiger partial charge in [-0.15, -0.1) is 12.8 Å². The molecule has 1 aromatic rings. The minimum Gasteiger partial charge on any atom is -0.300 e. The molecule has 0 aliphatic rings. The molecule has 0 heterocycles. The molecule has 0 saturated carbocycles. The lowest BCUT2D eigenvalue weighted by Gasteiger charge is -2.25. The van der Waals surface area contributed by atoms with Crippen molar-refractivity contribution in [1.29, 1.82) is 0 Å². The molecule has 0 saturated heterocycles. The van der Waals surface area contributed by atoms with Crippen molar-refractivity contribution in [3.63, 3.8) is 0 Å². The van der Waals surface area contributed by atoms with Crippen molar-refractivity contribution in [2.45, 2.75) is 45.4 Å². The molecule has 85 heavy (non-hydrogen) atoms. The number of hydrogen-bond donors (Lipinski definition) is 0. The zero-order chi connectivity index (χ0) is 61.4. The van der Waals surface area contributed by atoms with Crippen LogP contribution >= 0.6 is 0 Å². The molecule has 0 amide bonds. The van der Waals surface area contributed by atoms with E-state index in [1.807, 2.05) is 6.07 Å². The van der Waals surface area contributed by atoms with Gasteiger partial charge in [0, 0.05) is 314 Å². The number of Topliss-reactive ketones (excluding diaryl/α,β-unsaturated/α-hetero) is 1. The van der Waals surface area contributed by atoms with Crippen LogP contribution in [0.2, 0.25) is 0 Å². The van der Waals surface area contributed by atoms with Gasteiger partial charge in [-0.05, 0) is 125 Å². The van der Waals surface area contributed by atoms with Gasteiger partial charge in [0.15, 0.2) is 0 Å². The Morgan fingerprint density at radius 1 is 0.271 bits per heavy atom. The van der Waals surface area contributed by atoms with Crippen molar-refractivity contribution in [2.75, 3.05) is 0 Å². The van der Waals surface area contributed by atoms with Gasteiger partial charge < -0.3 is 4.79 Å². The Hall–Kier alpha value is -16.5. The third kappa shape index (κ3) is 56.6. The number of benzene rings is 1. The van der Waals surface area contributed by atoms with E-state index in [2.05, 4.69) is 441 Å². The Balaban J connectivity index is 0.00000404. The second-order valence-corrected chi connectivity index (χ2v) is 13.3. The zero-order valence-electron chi connectivity index (χ0n) is 45.1. The first kappa shape index (κ1) is 68.5. The number of rotatable bonds is 5. The predicted molar refractivity (Wildman–Crippen MR) is 338 cm³/mol. The summed E-state index contributed by atoms with van der Waals surface area (Å²) in [5, 5.41) is 0. The van der Waals surface area contributed by atoms with Crippen molar-refractivity contribution in [3.8, 4) is 415 Å². The minimum atomic E-state index is 0.177. The lowest BCUT2D eigenvalue weighted by Crippen LogP contribution is -2.17. The van der Waals surface area contributed by atoms with Crippen molar-refractivity contribution in [2.24, 2.45) is 0 Å². The summed E-state index contributed by atoms with van der Waals surface area (Å²) in [5.74, 6) is 168. The van der Waals surface area contributed by atoms with E-state index in [4.69, 9.17) is 12.8 Å². The largest absolute Gasteiger partial charge is 0.300 e. The highest BCUT2D eigenvalue weighted by Gasteiger charge is 2.19. The third-order valence-corrected chi connectivity index (χ3v) is 7.09. The standard InChI is InChI=1S/C70H2.C14H20O/c1-3-5-7-9-11-13-15-17-19-21-23-25-27-29-31-33-35-37-39-41-43-45-47-49-51-53-55-57-59-61-63-65-67-69-70-68-66-64-62-60-58-56-54-52-50-48-46-44-42-40-38-36-34-32-30-28-26-24-22-20-18-16-14-12-10-8-6-4-2;1-12(15)8-7-11-14(2,3)13-9-5-4-6-10-13/h1-2H;4-6,9-10H,7-8,11H2,1-3H3. The van der Waals surface area contributed by atoms with Gasteiger partial charge in [0.05, 0.1) is 0 Å². The molecule has 0 radical (unpaired) electrons. The van der Waals surface area contributed by atoms with Crippen molar-refractivity contribution >= 4 is 5.78 Å². The smallest absolute Gasteiger partial charge is 0.129 e. The molecule has 0 spiro atoms. The lowest BCUT2D eigenvalue weighted by molar-refractivity contribution is -0.117. The fourth-order valence-corrected chi connectivity index (χ4v) is 3.89. The van der Waals surface area contributed by atoms with Crippen molar-refractivity contribution < 1.29 is 4.79 Å². The topological polar surface area (TPSA) is 17.1 Å². The quantitative estimate of drug-likeness (QED) is 0.407. The highest BCUT2D eigenvalue weighted by atomic mass is 16.1. The number of ketones is 1. The molecule has 0 aliphatic heterocycles. The summed E-state index contributed by atoms with van der Waals surface area (Å²) in [6.45, 7) is 6.14. The van der Waals surface area contributed by atoms with E-state index in [9.17, 15) is 4.79 Å². The van der Waals surface area contributed by atoms with Crippen LogP contribution in [0.15, 0.2) is 30.3 Å². The molecule has 1 rings (SSSR count). The van der Waals surface area contributed by atoms with Gasteiger partial charge >= 0.3 is 0 Å². The molecule has 0 aromatic heterocycles.